The molecule has 0 aliphatic rings. The van der Waals surface area contributed by atoms with Crippen molar-refractivity contribution in [3.8, 4) is 0 Å². The summed E-state index contributed by atoms with van der Waals surface area (Å²) in [4.78, 5) is 13.4. The van der Waals surface area contributed by atoms with Crippen LogP contribution in [0.15, 0.2) is 48.5 Å². The second-order valence-corrected chi connectivity index (χ2v) is 4.47. The Balaban J connectivity index is 2.24. The molecule has 0 aliphatic carbocycles. The molecule has 2 aromatic rings. The Morgan fingerprint density at radius 2 is 1.89 bits per heavy atom. The van der Waals surface area contributed by atoms with E-state index in [9.17, 15) is 4.79 Å². The van der Waals surface area contributed by atoms with Crippen molar-refractivity contribution in [2.24, 2.45) is 5.73 Å². The van der Waals surface area contributed by atoms with Crippen molar-refractivity contribution >= 4 is 17.3 Å². The number of carbonyl (C=O) groups excluding carboxylic acids is 1. The molecule has 0 spiro atoms. The van der Waals surface area contributed by atoms with Gasteiger partial charge in [-0.05, 0) is 29.8 Å². The van der Waals surface area contributed by atoms with Gasteiger partial charge < -0.3 is 16.4 Å². The van der Waals surface area contributed by atoms with Crippen molar-refractivity contribution in [1.29, 1.82) is 0 Å². The Morgan fingerprint density at radius 3 is 2.58 bits per heavy atom. The zero-order valence-corrected chi connectivity index (χ0v) is 10.8. The molecule has 0 radical (unpaired) electrons. The Hall–Kier alpha value is -2.49. The van der Waals surface area contributed by atoms with Gasteiger partial charge in [-0.1, -0.05) is 24.3 Å². The summed E-state index contributed by atoms with van der Waals surface area (Å²) in [5.74, 6) is -0.406. The fraction of sp³-hybridized carbons (Fsp3) is 0.133. The summed E-state index contributed by atoms with van der Waals surface area (Å²) >= 11 is 0. The predicted molar refractivity (Wildman–Crippen MR) is 77.9 cm³/mol. The molecule has 0 saturated heterocycles. The van der Waals surface area contributed by atoms with E-state index >= 15 is 0 Å². The molecule has 0 unspecified atom stereocenters. The first-order valence-corrected chi connectivity index (χ1v) is 6.02. The lowest BCUT2D eigenvalue weighted by Gasteiger charge is -2.20. The monoisotopic (exact) mass is 255 g/mol. The lowest BCUT2D eigenvalue weighted by atomic mass is 10.1. The standard InChI is InChI=1S/C15H17N3O/c1-18(13-7-4-6-12(16)9-13)10-11-5-2-3-8-14(11)15(17)19/h2-9H,10,16H2,1H3,(H2,17,19). The molecule has 0 saturated carbocycles. The Morgan fingerprint density at radius 1 is 1.16 bits per heavy atom. The molecule has 0 aromatic heterocycles. The Labute approximate surface area is 112 Å². The summed E-state index contributed by atoms with van der Waals surface area (Å²) in [5, 5.41) is 0. The third kappa shape index (κ3) is 3.04. The van der Waals surface area contributed by atoms with Crippen LogP contribution in [-0.2, 0) is 6.54 Å². The minimum Gasteiger partial charge on any atom is -0.399 e. The zero-order valence-electron chi connectivity index (χ0n) is 10.8. The number of benzene rings is 2. The number of amides is 1. The maximum Gasteiger partial charge on any atom is 0.249 e. The normalized spacial score (nSPS) is 10.2. The van der Waals surface area contributed by atoms with E-state index in [0.717, 1.165) is 11.3 Å². The van der Waals surface area contributed by atoms with Crippen LogP contribution in [0.2, 0.25) is 0 Å². The van der Waals surface area contributed by atoms with E-state index in [2.05, 4.69) is 0 Å². The second-order valence-electron chi connectivity index (χ2n) is 4.47. The minimum atomic E-state index is -0.406. The van der Waals surface area contributed by atoms with Crippen molar-refractivity contribution in [1.82, 2.24) is 0 Å². The molecular formula is C15H17N3O. The van der Waals surface area contributed by atoms with E-state index < -0.39 is 5.91 Å². The van der Waals surface area contributed by atoms with Gasteiger partial charge in [0.15, 0.2) is 0 Å². The van der Waals surface area contributed by atoms with Gasteiger partial charge >= 0.3 is 0 Å². The Kier molecular flexibility index (Phi) is 3.71. The highest BCUT2D eigenvalue weighted by Crippen LogP contribution is 2.19. The van der Waals surface area contributed by atoms with Crippen molar-refractivity contribution < 1.29 is 4.79 Å². The van der Waals surface area contributed by atoms with Crippen molar-refractivity contribution in [3.05, 3.63) is 59.7 Å². The molecule has 4 N–H and O–H groups in total. The third-order valence-corrected chi connectivity index (χ3v) is 3.00. The summed E-state index contributed by atoms with van der Waals surface area (Å²) in [6.07, 6.45) is 0. The molecule has 98 valence electrons. The van der Waals surface area contributed by atoms with Gasteiger partial charge in [0.25, 0.3) is 0 Å². The Bertz CT molecular complexity index is 595. The van der Waals surface area contributed by atoms with Gasteiger partial charge in [-0.25, -0.2) is 0 Å². The maximum absolute atomic E-state index is 11.4. The van der Waals surface area contributed by atoms with Crippen LogP contribution in [0.1, 0.15) is 15.9 Å². The molecule has 19 heavy (non-hydrogen) atoms. The summed E-state index contributed by atoms with van der Waals surface area (Å²) in [6.45, 7) is 0.600. The van der Waals surface area contributed by atoms with Gasteiger partial charge in [-0.15, -0.1) is 0 Å². The third-order valence-electron chi connectivity index (χ3n) is 3.00. The summed E-state index contributed by atoms with van der Waals surface area (Å²) in [5.41, 5.74) is 14.3. The quantitative estimate of drug-likeness (QED) is 0.821. The van der Waals surface area contributed by atoms with E-state index in [-0.39, 0.29) is 0 Å². The average molecular weight is 255 g/mol. The van der Waals surface area contributed by atoms with E-state index in [4.69, 9.17) is 11.5 Å². The van der Waals surface area contributed by atoms with Crippen LogP contribution < -0.4 is 16.4 Å². The number of carbonyl (C=O) groups is 1. The first-order valence-electron chi connectivity index (χ1n) is 6.02. The van der Waals surface area contributed by atoms with Crippen molar-refractivity contribution in [2.75, 3.05) is 17.7 Å². The predicted octanol–water partition coefficient (Wildman–Crippen LogP) is 2.00. The summed E-state index contributed by atoms with van der Waals surface area (Å²) in [6, 6.07) is 15.0. The van der Waals surface area contributed by atoms with Crippen LogP contribution in [0.3, 0.4) is 0 Å². The number of anilines is 2. The maximum atomic E-state index is 11.4. The van der Waals surface area contributed by atoms with E-state index in [1.165, 1.54) is 0 Å². The smallest absolute Gasteiger partial charge is 0.249 e. The van der Waals surface area contributed by atoms with Gasteiger partial charge in [-0.2, -0.15) is 0 Å². The second kappa shape index (κ2) is 5.44. The molecule has 4 nitrogen and oxygen atoms in total. The fourth-order valence-electron chi connectivity index (χ4n) is 2.01. The number of nitrogens with two attached hydrogens (primary N) is 2. The molecule has 0 heterocycles. The highest BCUT2D eigenvalue weighted by Gasteiger charge is 2.09. The van der Waals surface area contributed by atoms with Gasteiger partial charge in [0, 0.05) is 30.5 Å². The number of nitrogens with zero attached hydrogens (tertiary/aromatic N) is 1. The van der Waals surface area contributed by atoms with Crippen molar-refractivity contribution in [2.45, 2.75) is 6.54 Å². The number of nitrogen functional groups attached to an aromatic ring is 1. The topological polar surface area (TPSA) is 72.3 Å². The highest BCUT2D eigenvalue weighted by atomic mass is 16.1. The fourth-order valence-corrected chi connectivity index (χ4v) is 2.01. The van der Waals surface area contributed by atoms with Crippen LogP contribution >= 0.6 is 0 Å². The minimum absolute atomic E-state index is 0.406. The van der Waals surface area contributed by atoms with Gasteiger partial charge in [0.05, 0.1) is 0 Å². The molecule has 0 bridgehead atoms. The van der Waals surface area contributed by atoms with Gasteiger partial charge in [-0.3, -0.25) is 4.79 Å². The number of rotatable bonds is 4. The van der Waals surface area contributed by atoms with Crippen LogP contribution in [0, 0.1) is 0 Å². The summed E-state index contributed by atoms with van der Waals surface area (Å²) < 4.78 is 0. The average Bonchev–Trinajstić information content (AvgIpc) is 2.39. The van der Waals surface area contributed by atoms with Crippen LogP contribution in [0.5, 0.6) is 0 Å². The lowest BCUT2D eigenvalue weighted by Crippen LogP contribution is -2.20. The highest BCUT2D eigenvalue weighted by molar-refractivity contribution is 5.94. The molecule has 4 heteroatoms. The molecule has 0 aliphatic heterocycles. The zero-order chi connectivity index (χ0) is 13.8. The molecule has 1 amide bonds. The lowest BCUT2D eigenvalue weighted by molar-refractivity contribution is 0.0999. The molecule has 2 aromatic carbocycles. The first kappa shape index (κ1) is 13.0. The van der Waals surface area contributed by atoms with E-state index in [1.54, 1.807) is 6.07 Å². The number of hydrogen-bond acceptors (Lipinski definition) is 3. The molecule has 0 fully saturated rings. The van der Waals surface area contributed by atoms with Crippen LogP contribution in [0.4, 0.5) is 11.4 Å². The van der Waals surface area contributed by atoms with Crippen LogP contribution in [0.25, 0.3) is 0 Å². The largest absolute Gasteiger partial charge is 0.399 e. The molecule has 0 atom stereocenters. The molecular weight excluding hydrogens is 238 g/mol. The summed E-state index contributed by atoms with van der Waals surface area (Å²) in [7, 11) is 1.95. The first-order chi connectivity index (χ1) is 9.08. The van der Waals surface area contributed by atoms with E-state index in [0.29, 0.717) is 17.8 Å². The van der Waals surface area contributed by atoms with Crippen LogP contribution in [-0.4, -0.2) is 13.0 Å². The van der Waals surface area contributed by atoms with Gasteiger partial charge in [0.2, 0.25) is 5.91 Å². The number of primary amides is 1. The van der Waals surface area contributed by atoms with Gasteiger partial charge in [0.1, 0.15) is 0 Å². The number of hydrogen-bond donors (Lipinski definition) is 2. The SMILES string of the molecule is CN(Cc1ccccc1C(N)=O)c1cccc(N)c1. The van der Waals surface area contributed by atoms with Crippen molar-refractivity contribution in [3.63, 3.8) is 0 Å². The van der Waals surface area contributed by atoms with E-state index in [1.807, 2.05) is 54.4 Å². The molecule has 2 rings (SSSR count).